The van der Waals surface area contributed by atoms with Crippen LogP contribution in [0.5, 0.6) is 0 Å². The Hall–Kier alpha value is -0.450. The van der Waals surface area contributed by atoms with Crippen molar-refractivity contribution < 1.29 is 0 Å². The third-order valence-electron chi connectivity index (χ3n) is 2.35. The van der Waals surface area contributed by atoms with Gasteiger partial charge in [-0.25, -0.2) is 4.98 Å². The van der Waals surface area contributed by atoms with Crippen LogP contribution in [0.4, 0.5) is 0 Å². The van der Waals surface area contributed by atoms with Gasteiger partial charge in [0.25, 0.3) is 0 Å². The van der Waals surface area contributed by atoms with Crippen molar-refractivity contribution in [3.8, 4) is 0 Å². The minimum Gasteiger partial charge on any atom is -0.309 e. The van der Waals surface area contributed by atoms with Crippen LogP contribution in [-0.2, 0) is 6.54 Å². The Morgan fingerprint density at radius 3 is 2.87 bits per heavy atom. The monoisotopic (exact) mass is 227 g/mol. The lowest BCUT2D eigenvalue weighted by Crippen LogP contribution is -2.32. The van der Waals surface area contributed by atoms with E-state index in [1.165, 1.54) is 18.0 Å². The van der Waals surface area contributed by atoms with Crippen molar-refractivity contribution in [2.75, 3.05) is 26.2 Å². The van der Waals surface area contributed by atoms with Gasteiger partial charge in [0, 0.05) is 31.2 Å². The van der Waals surface area contributed by atoms with E-state index < -0.39 is 0 Å². The van der Waals surface area contributed by atoms with Crippen molar-refractivity contribution in [3.63, 3.8) is 0 Å². The van der Waals surface area contributed by atoms with Crippen LogP contribution >= 0.6 is 11.3 Å². The first-order chi connectivity index (χ1) is 7.36. The molecule has 0 fully saturated rings. The number of hydrogen-bond acceptors (Lipinski definition) is 4. The number of rotatable bonds is 8. The molecule has 0 radical (unpaired) electrons. The fraction of sp³-hybridized carbons (Fsp3) is 0.727. The van der Waals surface area contributed by atoms with E-state index >= 15 is 0 Å². The molecule has 4 heteroatoms. The zero-order valence-corrected chi connectivity index (χ0v) is 10.5. The second-order valence-electron chi connectivity index (χ2n) is 3.54. The molecule has 1 rings (SSSR count). The van der Waals surface area contributed by atoms with E-state index in [0.29, 0.717) is 0 Å². The quantitative estimate of drug-likeness (QED) is 0.688. The summed E-state index contributed by atoms with van der Waals surface area (Å²) in [5.74, 6) is 0. The van der Waals surface area contributed by atoms with Gasteiger partial charge in [-0.05, 0) is 19.5 Å². The molecule has 0 amide bonds. The molecule has 1 N–H and O–H groups in total. The predicted molar refractivity (Wildman–Crippen MR) is 66.2 cm³/mol. The zero-order chi connectivity index (χ0) is 10.9. The maximum atomic E-state index is 4.23. The van der Waals surface area contributed by atoms with Crippen LogP contribution in [0.2, 0.25) is 0 Å². The largest absolute Gasteiger partial charge is 0.309 e. The van der Waals surface area contributed by atoms with Gasteiger partial charge in [-0.3, -0.25) is 0 Å². The van der Waals surface area contributed by atoms with E-state index in [0.717, 1.165) is 26.2 Å². The van der Waals surface area contributed by atoms with Crippen molar-refractivity contribution in [2.45, 2.75) is 26.8 Å². The Bertz CT molecular complexity index is 236. The van der Waals surface area contributed by atoms with E-state index in [1.54, 1.807) is 11.3 Å². The number of thiazole rings is 1. The summed E-state index contributed by atoms with van der Waals surface area (Å²) in [6, 6.07) is 0. The highest BCUT2D eigenvalue weighted by molar-refractivity contribution is 7.09. The third kappa shape index (κ3) is 5.25. The highest BCUT2D eigenvalue weighted by Gasteiger charge is 2.00. The van der Waals surface area contributed by atoms with Gasteiger partial charge in [0.1, 0.15) is 5.01 Å². The van der Waals surface area contributed by atoms with Crippen LogP contribution in [0.3, 0.4) is 0 Å². The minimum absolute atomic E-state index is 0.904. The lowest BCUT2D eigenvalue weighted by atomic mass is 10.4. The van der Waals surface area contributed by atoms with E-state index in [2.05, 4.69) is 29.0 Å². The fourth-order valence-electron chi connectivity index (χ4n) is 1.52. The third-order valence-corrected chi connectivity index (χ3v) is 3.13. The van der Waals surface area contributed by atoms with Gasteiger partial charge in [0.2, 0.25) is 0 Å². The predicted octanol–water partition coefficient (Wildman–Crippen LogP) is 1.96. The van der Waals surface area contributed by atoms with Gasteiger partial charge >= 0.3 is 0 Å². The molecule has 1 aromatic rings. The summed E-state index contributed by atoms with van der Waals surface area (Å²) >= 11 is 1.71. The molecule has 15 heavy (non-hydrogen) atoms. The standard InChI is InChI=1S/C11H21N3S/c1-3-7-14(4-2)8-5-12-10-11-13-6-9-15-11/h6,9,12H,3-5,7-8,10H2,1-2H3. The molecule has 0 atom stereocenters. The topological polar surface area (TPSA) is 28.2 Å². The van der Waals surface area contributed by atoms with Gasteiger partial charge in [-0.2, -0.15) is 0 Å². The second-order valence-corrected chi connectivity index (χ2v) is 4.52. The van der Waals surface area contributed by atoms with E-state index in [1.807, 2.05) is 11.6 Å². The molecular formula is C11H21N3S. The molecule has 0 aliphatic carbocycles. The minimum atomic E-state index is 0.904. The van der Waals surface area contributed by atoms with Crippen LogP contribution < -0.4 is 5.32 Å². The Balaban J connectivity index is 2.05. The molecule has 86 valence electrons. The molecule has 0 aromatic carbocycles. The van der Waals surface area contributed by atoms with Gasteiger partial charge in [0.05, 0.1) is 0 Å². The maximum Gasteiger partial charge on any atom is 0.106 e. The summed E-state index contributed by atoms with van der Waals surface area (Å²) in [6.07, 6.45) is 3.09. The molecule has 0 saturated heterocycles. The molecule has 0 unspecified atom stereocenters. The molecule has 0 bridgehead atoms. The van der Waals surface area contributed by atoms with Gasteiger partial charge < -0.3 is 10.2 Å². The van der Waals surface area contributed by atoms with E-state index in [-0.39, 0.29) is 0 Å². The summed E-state index contributed by atoms with van der Waals surface area (Å²) in [6.45, 7) is 9.88. The number of likely N-dealkylation sites (N-methyl/N-ethyl adjacent to an activating group) is 1. The van der Waals surface area contributed by atoms with Crippen molar-refractivity contribution in [1.29, 1.82) is 0 Å². The molecular weight excluding hydrogens is 206 g/mol. The lowest BCUT2D eigenvalue weighted by Gasteiger charge is -2.19. The Kier molecular flexibility index (Phi) is 6.55. The van der Waals surface area contributed by atoms with Crippen molar-refractivity contribution in [1.82, 2.24) is 15.2 Å². The SMILES string of the molecule is CCCN(CC)CCNCc1nccs1. The van der Waals surface area contributed by atoms with Gasteiger partial charge in [0.15, 0.2) is 0 Å². The summed E-state index contributed by atoms with van der Waals surface area (Å²) in [4.78, 5) is 6.70. The highest BCUT2D eigenvalue weighted by atomic mass is 32.1. The Labute approximate surface area is 96.5 Å². The van der Waals surface area contributed by atoms with E-state index in [9.17, 15) is 0 Å². The van der Waals surface area contributed by atoms with Gasteiger partial charge in [-0.15, -0.1) is 11.3 Å². The number of nitrogens with zero attached hydrogens (tertiary/aromatic N) is 2. The first-order valence-electron chi connectivity index (χ1n) is 5.68. The molecule has 1 aromatic heterocycles. The molecule has 1 heterocycles. The van der Waals surface area contributed by atoms with Crippen LogP contribution in [0.15, 0.2) is 11.6 Å². The Morgan fingerprint density at radius 1 is 1.40 bits per heavy atom. The normalized spacial score (nSPS) is 11.1. The first kappa shape index (κ1) is 12.6. The van der Waals surface area contributed by atoms with Crippen molar-refractivity contribution in [3.05, 3.63) is 16.6 Å². The lowest BCUT2D eigenvalue weighted by molar-refractivity contribution is 0.287. The fourth-order valence-corrected chi connectivity index (χ4v) is 2.10. The molecule has 0 saturated carbocycles. The molecule has 0 aliphatic rings. The zero-order valence-electron chi connectivity index (χ0n) is 9.70. The smallest absolute Gasteiger partial charge is 0.106 e. The summed E-state index contributed by atoms with van der Waals surface area (Å²) < 4.78 is 0. The van der Waals surface area contributed by atoms with Crippen molar-refractivity contribution in [2.24, 2.45) is 0 Å². The number of nitrogens with one attached hydrogen (secondary N) is 1. The van der Waals surface area contributed by atoms with Crippen LogP contribution in [0, 0.1) is 0 Å². The summed E-state index contributed by atoms with van der Waals surface area (Å²) in [5, 5.41) is 6.61. The Morgan fingerprint density at radius 2 is 2.27 bits per heavy atom. The molecule has 0 aliphatic heterocycles. The van der Waals surface area contributed by atoms with Gasteiger partial charge in [-0.1, -0.05) is 13.8 Å². The average Bonchev–Trinajstić information content (AvgIpc) is 2.75. The summed E-state index contributed by atoms with van der Waals surface area (Å²) in [5.41, 5.74) is 0. The van der Waals surface area contributed by atoms with Crippen molar-refractivity contribution >= 4 is 11.3 Å². The summed E-state index contributed by atoms with van der Waals surface area (Å²) in [7, 11) is 0. The number of aromatic nitrogens is 1. The van der Waals surface area contributed by atoms with Crippen LogP contribution in [0.1, 0.15) is 25.3 Å². The number of hydrogen-bond donors (Lipinski definition) is 1. The maximum absolute atomic E-state index is 4.23. The molecule has 3 nitrogen and oxygen atoms in total. The first-order valence-corrected chi connectivity index (χ1v) is 6.56. The molecule has 0 spiro atoms. The highest BCUT2D eigenvalue weighted by Crippen LogP contribution is 2.02. The second kappa shape index (κ2) is 7.79. The average molecular weight is 227 g/mol. The van der Waals surface area contributed by atoms with Crippen LogP contribution in [-0.4, -0.2) is 36.1 Å². The van der Waals surface area contributed by atoms with E-state index in [4.69, 9.17) is 0 Å². The van der Waals surface area contributed by atoms with Crippen LogP contribution in [0.25, 0.3) is 0 Å².